The normalized spacial score (nSPS) is 11.1. The Morgan fingerprint density at radius 2 is 1.95 bits per heavy atom. The van der Waals surface area contributed by atoms with Crippen LogP contribution in [0.1, 0.15) is 0 Å². The first kappa shape index (κ1) is 12.5. The number of hydrogen-bond acceptors (Lipinski definition) is 3. The van der Waals surface area contributed by atoms with E-state index in [1.807, 2.05) is 0 Å². The monoisotopic (exact) mass is 386 g/mol. The second-order valence-corrected chi connectivity index (χ2v) is 5.32. The van der Waals surface area contributed by atoms with E-state index in [1.54, 1.807) is 18.2 Å². The van der Waals surface area contributed by atoms with Gasteiger partial charge >= 0.3 is 0 Å². The van der Waals surface area contributed by atoms with Crippen LogP contribution in [0.15, 0.2) is 38.0 Å². The van der Waals surface area contributed by atoms with Crippen molar-refractivity contribution < 1.29 is 4.39 Å². The van der Waals surface area contributed by atoms with E-state index in [0.717, 1.165) is 0 Å². The average Bonchev–Trinajstić information content (AvgIpc) is 2.80. The third kappa shape index (κ3) is 1.91. The smallest absolute Gasteiger partial charge is 0.265 e. The molecule has 0 aliphatic rings. The number of aromatic nitrogens is 4. The van der Waals surface area contributed by atoms with E-state index in [1.165, 1.54) is 10.7 Å². The molecule has 0 saturated carbocycles. The zero-order valence-electron chi connectivity index (χ0n) is 9.19. The van der Waals surface area contributed by atoms with Gasteiger partial charge in [0.15, 0.2) is 5.65 Å². The minimum atomic E-state index is -0.450. The van der Waals surface area contributed by atoms with Crippen molar-refractivity contribution in [1.82, 2.24) is 20.0 Å². The van der Waals surface area contributed by atoms with Crippen molar-refractivity contribution in [1.29, 1.82) is 0 Å². The summed E-state index contributed by atoms with van der Waals surface area (Å²) in [5.74, 6) is -0.450. The Morgan fingerprint density at radius 1 is 1.21 bits per heavy atom. The lowest BCUT2D eigenvalue weighted by atomic mass is 10.3. The molecule has 2 heterocycles. The van der Waals surface area contributed by atoms with Crippen molar-refractivity contribution in [3.05, 3.63) is 49.4 Å². The van der Waals surface area contributed by atoms with Crippen molar-refractivity contribution in [3.8, 4) is 5.69 Å². The highest BCUT2D eigenvalue weighted by Gasteiger charge is 2.16. The molecule has 0 saturated heterocycles. The van der Waals surface area contributed by atoms with E-state index in [9.17, 15) is 9.18 Å². The van der Waals surface area contributed by atoms with E-state index >= 15 is 0 Å². The van der Waals surface area contributed by atoms with E-state index < -0.39 is 5.82 Å². The number of rotatable bonds is 1. The van der Waals surface area contributed by atoms with Crippen LogP contribution in [0.2, 0.25) is 0 Å². The molecular weight excluding hydrogens is 383 g/mol. The van der Waals surface area contributed by atoms with Crippen LogP contribution < -0.4 is 5.56 Å². The third-order valence-corrected chi connectivity index (χ3v) is 4.64. The Labute approximate surface area is 122 Å². The predicted octanol–water partition coefficient (Wildman–Crippen LogP) is 2.77. The minimum absolute atomic E-state index is 0.217. The molecule has 1 N–H and O–H groups in total. The van der Waals surface area contributed by atoms with Crippen LogP contribution in [0.25, 0.3) is 16.9 Å². The molecule has 19 heavy (non-hydrogen) atoms. The maximum absolute atomic E-state index is 13.8. The van der Waals surface area contributed by atoms with Gasteiger partial charge in [0.25, 0.3) is 5.56 Å². The van der Waals surface area contributed by atoms with Crippen LogP contribution in [-0.4, -0.2) is 20.0 Å². The van der Waals surface area contributed by atoms with Gasteiger partial charge in [-0.3, -0.25) is 4.79 Å². The van der Waals surface area contributed by atoms with Crippen LogP contribution in [0.4, 0.5) is 4.39 Å². The zero-order chi connectivity index (χ0) is 13.6. The highest BCUT2D eigenvalue weighted by Crippen LogP contribution is 2.27. The fourth-order valence-corrected chi connectivity index (χ4v) is 2.43. The van der Waals surface area contributed by atoms with E-state index in [4.69, 9.17) is 0 Å². The van der Waals surface area contributed by atoms with Gasteiger partial charge in [0.1, 0.15) is 17.0 Å². The number of halogens is 3. The molecule has 0 radical (unpaired) electrons. The third-order valence-electron chi connectivity index (χ3n) is 2.58. The van der Waals surface area contributed by atoms with Gasteiger partial charge in [0.2, 0.25) is 0 Å². The van der Waals surface area contributed by atoms with Crippen molar-refractivity contribution in [3.63, 3.8) is 0 Å². The molecule has 8 heteroatoms. The summed E-state index contributed by atoms with van der Waals surface area (Å²) in [5.41, 5.74) is 0.633. The minimum Gasteiger partial charge on any atom is -0.304 e. The first-order valence-electron chi connectivity index (χ1n) is 5.17. The quantitative estimate of drug-likeness (QED) is 0.698. The summed E-state index contributed by atoms with van der Waals surface area (Å²) in [7, 11) is 0. The van der Waals surface area contributed by atoms with Crippen molar-refractivity contribution in [2.24, 2.45) is 0 Å². The second kappa shape index (κ2) is 4.53. The number of aromatic amines is 1. The Hall–Kier alpha value is -1.54. The van der Waals surface area contributed by atoms with Crippen LogP contribution >= 0.6 is 31.9 Å². The van der Waals surface area contributed by atoms with Gasteiger partial charge in [-0.1, -0.05) is 17.3 Å². The highest BCUT2D eigenvalue weighted by atomic mass is 79.9. The van der Waals surface area contributed by atoms with E-state index in [2.05, 4.69) is 47.2 Å². The van der Waals surface area contributed by atoms with Gasteiger partial charge in [-0.05, 0) is 44.0 Å². The topological polar surface area (TPSA) is 63.6 Å². The zero-order valence-corrected chi connectivity index (χ0v) is 12.4. The molecule has 0 aliphatic carbocycles. The number of H-pyrrole nitrogens is 1. The summed E-state index contributed by atoms with van der Waals surface area (Å²) < 4.78 is 15.8. The van der Waals surface area contributed by atoms with E-state index in [-0.39, 0.29) is 11.2 Å². The Kier molecular flexibility index (Phi) is 2.98. The Morgan fingerprint density at radius 3 is 2.68 bits per heavy atom. The van der Waals surface area contributed by atoms with Crippen LogP contribution in [0.3, 0.4) is 0 Å². The number of pyridine rings is 1. The molecule has 0 aliphatic heterocycles. The maximum Gasteiger partial charge on any atom is 0.265 e. The largest absolute Gasteiger partial charge is 0.304 e. The highest BCUT2D eigenvalue weighted by molar-refractivity contribution is 9.13. The molecule has 2 aromatic heterocycles. The van der Waals surface area contributed by atoms with Crippen molar-refractivity contribution in [2.45, 2.75) is 0 Å². The Balaban J connectivity index is 2.39. The Bertz CT molecular complexity index is 842. The summed E-state index contributed by atoms with van der Waals surface area (Å²) in [6.45, 7) is 0. The molecule has 0 spiro atoms. The van der Waals surface area contributed by atoms with Gasteiger partial charge in [0.05, 0.1) is 8.95 Å². The van der Waals surface area contributed by atoms with Gasteiger partial charge in [-0.2, -0.15) is 4.68 Å². The van der Waals surface area contributed by atoms with Crippen molar-refractivity contribution in [2.75, 3.05) is 0 Å². The number of fused-ring (bicyclic) bond motifs is 1. The number of hydrogen-bond donors (Lipinski definition) is 1. The summed E-state index contributed by atoms with van der Waals surface area (Å²) in [6.07, 6.45) is 0. The van der Waals surface area contributed by atoms with Crippen LogP contribution in [0, 0.1) is 5.82 Å². The van der Waals surface area contributed by atoms with Crippen LogP contribution in [-0.2, 0) is 0 Å². The number of para-hydroxylation sites is 1. The summed E-state index contributed by atoms with van der Waals surface area (Å²) in [5, 5.41) is 7.81. The molecule has 96 valence electrons. The maximum atomic E-state index is 13.8. The fraction of sp³-hybridized carbons (Fsp3) is 0. The van der Waals surface area contributed by atoms with Gasteiger partial charge in [0, 0.05) is 0 Å². The molecule has 0 fully saturated rings. The van der Waals surface area contributed by atoms with Gasteiger partial charge < -0.3 is 4.98 Å². The first-order valence-corrected chi connectivity index (χ1v) is 6.76. The molecular formula is C11H5Br2FN4O. The number of benzene rings is 1. The van der Waals surface area contributed by atoms with Crippen LogP contribution in [0.5, 0.6) is 0 Å². The summed E-state index contributed by atoms with van der Waals surface area (Å²) >= 11 is 6.40. The summed E-state index contributed by atoms with van der Waals surface area (Å²) in [4.78, 5) is 14.3. The fourth-order valence-electron chi connectivity index (χ4n) is 1.70. The molecule has 0 amide bonds. The average molecular weight is 388 g/mol. The van der Waals surface area contributed by atoms with Crippen molar-refractivity contribution >= 4 is 43.0 Å². The standard InChI is InChI=1S/C11H5Br2FN4O/c12-7-8(13)11(19)15-10-9(7)16-17-18(10)6-4-2-1-3-5(6)14/h1-4H,(H,15,19). The molecule has 0 unspecified atom stereocenters. The molecule has 1 aromatic carbocycles. The molecule has 3 rings (SSSR count). The van der Waals surface area contributed by atoms with Gasteiger partial charge in [-0.15, -0.1) is 5.10 Å². The first-order chi connectivity index (χ1) is 9.09. The lowest BCUT2D eigenvalue weighted by molar-refractivity contribution is 0.609. The lowest BCUT2D eigenvalue weighted by Gasteiger charge is -2.03. The number of nitrogens with one attached hydrogen (secondary N) is 1. The molecule has 0 atom stereocenters. The predicted molar refractivity (Wildman–Crippen MR) is 74.8 cm³/mol. The SMILES string of the molecule is O=c1[nH]c2c(nnn2-c2ccccc2F)c(Br)c1Br. The summed E-state index contributed by atoms with van der Waals surface area (Å²) in [6, 6.07) is 6.12. The van der Waals surface area contributed by atoms with Gasteiger partial charge in [-0.25, -0.2) is 4.39 Å². The molecule has 3 aromatic rings. The second-order valence-electron chi connectivity index (χ2n) is 3.73. The molecule has 0 bridgehead atoms. The molecule has 5 nitrogen and oxygen atoms in total. The van der Waals surface area contributed by atoms with E-state index in [0.29, 0.717) is 20.1 Å². The number of nitrogens with zero attached hydrogens (tertiary/aromatic N) is 3. The lowest BCUT2D eigenvalue weighted by Crippen LogP contribution is -2.10.